The van der Waals surface area contributed by atoms with E-state index in [1.165, 1.54) is 4.90 Å². The molecule has 8 nitrogen and oxygen atoms in total. The topological polar surface area (TPSA) is 98.8 Å². The van der Waals surface area contributed by atoms with Crippen LogP contribution >= 0.6 is 0 Å². The Bertz CT molecular complexity index is 1150. The fourth-order valence-electron chi connectivity index (χ4n) is 3.84. The third-order valence-corrected chi connectivity index (χ3v) is 7.22. The minimum Gasteiger partial charge on any atom is -0.336 e. The van der Waals surface area contributed by atoms with Gasteiger partial charge in [0.05, 0.1) is 17.0 Å². The van der Waals surface area contributed by atoms with E-state index in [9.17, 15) is 22.4 Å². The van der Waals surface area contributed by atoms with Crippen LogP contribution in [0.15, 0.2) is 47.4 Å². The SMILES string of the molecule is CCc1ccccc1NC(=O)CN1CCN(C(=O)c2cc(S(=O)(=O)NC(C)C)ccc2F)CC1. The van der Waals surface area contributed by atoms with Gasteiger partial charge in [-0.05, 0) is 50.1 Å². The van der Waals surface area contributed by atoms with Gasteiger partial charge < -0.3 is 10.2 Å². The van der Waals surface area contributed by atoms with Crippen molar-refractivity contribution in [3.8, 4) is 0 Å². The smallest absolute Gasteiger partial charge is 0.256 e. The highest BCUT2D eigenvalue weighted by atomic mass is 32.2. The van der Waals surface area contributed by atoms with E-state index in [1.54, 1.807) is 13.8 Å². The summed E-state index contributed by atoms with van der Waals surface area (Å²) in [5.74, 6) is -1.48. The van der Waals surface area contributed by atoms with Crippen molar-refractivity contribution < 1.29 is 22.4 Å². The molecule has 2 aromatic rings. The van der Waals surface area contributed by atoms with Gasteiger partial charge in [-0.15, -0.1) is 0 Å². The maximum atomic E-state index is 14.4. The van der Waals surface area contributed by atoms with E-state index in [0.29, 0.717) is 26.2 Å². The van der Waals surface area contributed by atoms with Crippen molar-refractivity contribution in [2.45, 2.75) is 38.1 Å². The van der Waals surface area contributed by atoms with Crippen LogP contribution in [0.2, 0.25) is 0 Å². The van der Waals surface area contributed by atoms with Crippen LogP contribution in [-0.2, 0) is 21.2 Å². The number of sulfonamides is 1. The van der Waals surface area contributed by atoms with Crippen LogP contribution in [0.5, 0.6) is 0 Å². The molecule has 0 unspecified atom stereocenters. The molecule has 0 spiro atoms. The molecule has 2 amide bonds. The number of piperazine rings is 1. The molecule has 1 aliphatic heterocycles. The number of nitrogens with one attached hydrogen (secondary N) is 2. The number of hydrogen-bond acceptors (Lipinski definition) is 5. The first-order valence-electron chi connectivity index (χ1n) is 11.3. The summed E-state index contributed by atoms with van der Waals surface area (Å²) < 4.78 is 41.7. The largest absolute Gasteiger partial charge is 0.336 e. The van der Waals surface area contributed by atoms with Crippen molar-refractivity contribution in [2.24, 2.45) is 0 Å². The monoisotopic (exact) mass is 490 g/mol. The standard InChI is InChI=1S/C24H31FN4O4S/c1-4-18-7-5-6-8-22(18)26-23(30)16-28-11-13-29(14-12-28)24(31)20-15-19(9-10-21(20)25)34(32,33)27-17(2)3/h5-10,15,17,27H,4,11-14,16H2,1-3H3,(H,26,30). The van der Waals surface area contributed by atoms with Crippen LogP contribution in [0, 0.1) is 5.82 Å². The van der Waals surface area contributed by atoms with Gasteiger partial charge in [-0.3, -0.25) is 14.5 Å². The van der Waals surface area contributed by atoms with Crippen molar-refractivity contribution in [2.75, 3.05) is 38.0 Å². The van der Waals surface area contributed by atoms with Crippen molar-refractivity contribution in [1.29, 1.82) is 0 Å². The van der Waals surface area contributed by atoms with Crippen LogP contribution in [0.4, 0.5) is 10.1 Å². The summed E-state index contributed by atoms with van der Waals surface area (Å²) in [4.78, 5) is 28.7. The van der Waals surface area contributed by atoms with Gasteiger partial charge in [0.15, 0.2) is 0 Å². The quantitative estimate of drug-likeness (QED) is 0.592. The second kappa shape index (κ2) is 11.1. The molecular formula is C24H31FN4O4S. The van der Waals surface area contributed by atoms with Gasteiger partial charge >= 0.3 is 0 Å². The minimum atomic E-state index is -3.86. The van der Waals surface area contributed by atoms with E-state index in [1.807, 2.05) is 36.1 Å². The highest BCUT2D eigenvalue weighted by molar-refractivity contribution is 7.89. The molecule has 0 aromatic heterocycles. The first-order chi connectivity index (χ1) is 16.1. The van der Waals surface area contributed by atoms with Crippen molar-refractivity contribution in [3.05, 3.63) is 59.4 Å². The first kappa shape index (κ1) is 25.8. The summed E-state index contributed by atoms with van der Waals surface area (Å²) in [7, 11) is -3.86. The summed E-state index contributed by atoms with van der Waals surface area (Å²) in [5.41, 5.74) is 1.57. The molecule has 0 aliphatic carbocycles. The van der Waals surface area contributed by atoms with E-state index in [-0.39, 0.29) is 29.0 Å². The Morgan fingerprint density at radius 1 is 1.06 bits per heavy atom. The Labute approximate surface area is 200 Å². The number of carbonyl (C=O) groups is 2. The Morgan fingerprint density at radius 3 is 2.38 bits per heavy atom. The van der Waals surface area contributed by atoms with E-state index >= 15 is 0 Å². The van der Waals surface area contributed by atoms with Crippen molar-refractivity contribution >= 4 is 27.5 Å². The molecule has 0 atom stereocenters. The summed E-state index contributed by atoms with van der Waals surface area (Å²) in [5, 5.41) is 2.94. The fraction of sp³-hybridized carbons (Fsp3) is 0.417. The Morgan fingerprint density at radius 2 is 1.74 bits per heavy atom. The second-order valence-electron chi connectivity index (χ2n) is 8.54. The highest BCUT2D eigenvalue weighted by Crippen LogP contribution is 2.19. The number of aryl methyl sites for hydroxylation is 1. The molecule has 3 rings (SSSR count). The summed E-state index contributed by atoms with van der Waals surface area (Å²) >= 11 is 0. The highest BCUT2D eigenvalue weighted by Gasteiger charge is 2.27. The van der Waals surface area contributed by atoms with Crippen LogP contribution < -0.4 is 10.0 Å². The molecule has 0 saturated carbocycles. The molecular weight excluding hydrogens is 459 g/mol. The number of carbonyl (C=O) groups excluding carboxylic acids is 2. The number of halogens is 1. The lowest BCUT2D eigenvalue weighted by atomic mass is 10.1. The van der Waals surface area contributed by atoms with Crippen molar-refractivity contribution in [1.82, 2.24) is 14.5 Å². The molecule has 1 fully saturated rings. The lowest BCUT2D eigenvalue weighted by Gasteiger charge is -2.34. The van der Waals surface area contributed by atoms with E-state index in [0.717, 1.165) is 35.9 Å². The number of amides is 2. The first-order valence-corrected chi connectivity index (χ1v) is 12.8. The van der Waals surface area contributed by atoms with E-state index in [2.05, 4.69) is 10.0 Å². The number of para-hydroxylation sites is 1. The maximum Gasteiger partial charge on any atom is 0.256 e. The number of anilines is 1. The third kappa shape index (κ3) is 6.40. The van der Waals surface area contributed by atoms with Gasteiger partial charge in [-0.1, -0.05) is 25.1 Å². The molecule has 1 saturated heterocycles. The lowest BCUT2D eigenvalue weighted by Crippen LogP contribution is -2.50. The summed E-state index contributed by atoms with van der Waals surface area (Å²) in [6.07, 6.45) is 0.809. The fourth-order valence-corrected chi connectivity index (χ4v) is 5.11. The van der Waals surface area contributed by atoms with E-state index < -0.39 is 21.7 Å². The molecule has 184 valence electrons. The Kier molecular flexibility index (Phi) is 8.40. The van der Waals surface area contributed by atoms with Gasteiger partial charge in [0, 0.05) is 37.9 Å². The zero-order chi connectivity index (χ0) is 24.9. The maximum absolute atomic E-state index is 14.4. The average Bonchev–Trinajstić information content (AvgIpc) is 2.78. The third-order valence-electron chi connectivity index (χ3n) is 5.57. The van der Waals surface area contributed by atoms with Crippen LogP contribution in [0.3, 0.4) is 0 Å². The summed E-state index contributed by atoms with van der Waals surface area (Å²) in [6.45, 7) is 7.06. The van der Waals surface area contributed by atoms with Gasteiger partial charge in [-0.25, -0.2) is 17.5 Å². The molecule has 0 radical (unpaired) electrons. The predicted molar refractivity (Wildman–Crippen MR) is 129 cm³/mol. The van der Waals surface area contributed by atoms with Gasteiger partial charge in [0.25, 0.3) is 5.91 Å². The van der Waals surface area contributed by atoms with Crippen molar-refractivity contribution in [3.63, 3.8) is 0 Å². The lowest BCUT2D eigenvalue weighted by molar-refractivity contribution is -0.117. The minimum absolute atomic E-state index is 0.137. The summed E-state index contributed by atoms with van der Waals surface area (Å²) in [6, 6.07) is 10.5. The Balaban J connectivity index is 1.60. The van der Waals surface area contributed by atoms with Crippen LogP contribution in [-0.4, -0.2) is 68.8 Å². The second-order valence-corrected chi connectivity index (χ2v) is 10.3. The van der Waals surface area contributed by atoms with Gasteiger partial charge in [0.1, 0.15) is 5.82 Å². The number of hydrogen-bond donors (Lipinski definition) is 2. The molecule has 1 aliphatic rings. The number of nitrogens with zero attached hydrogens (tertiary/aromatic N) is 2. The average molecular weight is 491 g/mol. The zero-order valence-corrected chi connectivity index (χ0v) is 20.5. The number of rotatable bonds is 8. The molecule has 2 aromatic carbocycles. The van der Waals surface area contributed by atoms with Gasteiger partial charge in [-0.2, -0.15) is 0 Å². The molecule has 34 heavy (non-hydrogen) atoms. The molecule has 2 N–H and O–H groups in total. The molecule has 1 heterocycles. The van der Waals surface area contributed by atoms with Crippen LogP contribution in [0.25, 0.3) is 0 Å². The van der Waals surface area contributed by atoms with Crippen LogP contribution in [0.1, 0.15) is 36.7 Å². The molecule has 0 bridgehead atoms. The predicted octanol–water partition coefficient (Wildman–Crippen LogP) is 2.47. The van der Waals surface area contributed by atoms with E-state index in [4.69, 9.17) is 0 Å². The van der Waals surface area contributed by atoms with Gasteiger partial charge in [0.2, 0.25) is 15.9 Å². The Hall–Kier alpha value is -2.82. The molecule has 10 heteroatoms. The zero-order valence-electron chi connectivity index (χ0n) is 19.7. The normalized spacial score (nSPS) is 14.9. The number of benzene rings is 2.